The van der Waals surface area contributed by atoms with Crippen LogP contribution in [0.15, 0.2) is 0 Å². The van der Waals surface area contributed by atoms with Gasteiger partial charge in [0.1, 0.15) is 0 Å². The zero-order chi connectivity index (χ0) is 9.83. The SMILES string of the molecule is CC(C)(C)CCNCC(C)(C)C.[HH]. The lowest BCUT2D eigenvalue weighted by Gasteiger charge is -2.22. The fourth-order valence-corrected chi connectivity index (χ4v) is 0.927. The lowest BCUT2D eigenvalue weighted by molar-refractivity contribution is 0.333. The molecule has 1 N–H and O–H groups in total. The highest BCUT2D eigenvalue weighted by Gasteiger charge is 2.11. The van der Waals surface area contributed by atoms with E-state index in [1.165, 1.54) is 6.42 Å². The van der Waals surface area contributed by atoms with Gasteiger partial charge in [-0.25, -0.2) is 0 Å². The molecule has 0 fully saturated rings. The molecule has 0 heterocycles. The van der Waals surface area contributed by atoms with Crippen molar-refractivity contribution < 1.29 is 1.43 Å². The Balaban J connectivity index is 0. The predicted molar refractivity (Wildman–Crippen MR) is 58.5 cm³/mol. The molecule has 76 valence electrons. The molecule has 1 heteroatoms. The van der Waals surface area contributed by atoms with Gasteiger partial charge < -0.3 is 5.32 Å². The van der Waals surface area contributed by atoms with Crippen LogP contribution in [0.25, 0.3) is 0 Å². The lowest BCUT2D eigenvalue weighted by atomic mass is 9.92. The Hall–Kier alpha value is -0.0400. The third kappa shape index (κ3) is 9.96. The minimum Gasteiger partial charge on any atom is -0.316 e. The van der Waals surface area contributed by atoms with E-state index < -0.39 is 0 Å². The molecule has 0 unspecified atom stereocenters. The van der Waals surface area contributed by atoms with Gasteiger partial charge in [-0.05, 0) is 30.3 Å². The monoisotopic (exact) mass is 173 g/mol. The van der Waals surface area contributed by atoms with Gasteiger partial charge in [0.25, 0.3) is 0 Å². The summed E-state index contributed by atoms with van der Waals surface area (Å²) < 4.78 is 0. The topological polar surface area (TPSA) is 12.0 Å². The fraction of sp³-hybridized carbons (Fsp3) is 1.00. The molecule has 12 heavy (non-hydrogen) atoms. The van der Waals surface area contributed by atoms with E-state index >= 15 is 0 Å². The maximum absolute atomic E-state index is 3.48. The molecule has 1 nitrogen and oxygen atoms in total. The van der Waals surface area contributed by atoms with Gasteiger partial charge in [-0.3, -0.25) is 0 Å². The first kappa shape index (κ1) is 12.0. The highest BCUT2D eigenvalue weighted by molar-refractivity contribution is 4.67. The van der Waals surface area contributed by atoms with Crippen LogP contribution in [-0.2, 0) is 0 Å². The Morgan fingerprint density at radius 3 is 1.75 bits per heavy atom. The standard InChI is InChI=1S/C11H25N.H2/c1-10(2,3)7-8-12-9-11(4,5)6;/h12H,7-9H2,1-6H3;1H. The molecule has 0 aromatic heterocycles. The van der Waals surface area contributed by atoms with E-state index in [-0.39, 0.29) is 1.43 Å². The second kappa shape index (κ2) is 4.27. The summed E-state index contributed by atoms with van der Waals surface area (Å²) in [5.41, 5.74) is 0.878. The van der Waals surface area contributed by atoms with E-state index in [1.54, 1.807) is 0 Å². The Labute approximate surface area is 79.4 Å². The van der Waals surface area contributed by atoms with Crippen LogP contribution in [0.1, 0.15) is 49.4 Å². The molecule has 0 saturated heterocycles. The average Bonchev–Trinajstić information content (AvgIpc) is 1.76. The van der Waals surface area contributed by atoms with Crippen molar-refractivity contribution >= 4 is 0 Å². The molecule has 0 aliphatic rings. The molecule has 0 amide bonds. The second-order valence-electron chi connectivity index (χ2n) is 6.05. The van der Waals surface area contributed by atoms with Crippen LogP contribution < -0.4 is 5.32 Å². The predicted octanol–water partition coefficient (Wildman–Crippen LogP) is 3.30. The third-order valence-corrected chi connectivity index (χ3v) is 1.71. The molecule has 0 bridgehead atoms. The first-order valence-electron chi connectivity index (χ1n) is 4.91. The Bertz CT molecular complexity index is 103. The van der Waals surface area contributed by atoms with E-state index in [0.29, 0.717) is 10.8 Å². The number of hydrogen-bond donors (Lipinski definition) is 1. The summed E-state index contributed by atoms with van der Waals surface area (Å²) in [5.74, 6) is 0. The molecular formula is C11H27N. The molecule has 0 radical (unpaired) electrons. The molecule has 0 aromatic carbocycles. The summed E-state index contributed by atoms with van der Waals surface area (Å²) in [4.78, 5) is 0. The van der Waals surface area contributed by atoms with Gasteiger partial charge in [0.05, 0.1) is 0 Å². The van der Waals surface area contributed by atoms with Crippen molar-refractivity contribution in [2.45, 2.75) is 48.0 Å². The van der Waals surface area contributed by atoms with Gasteiger partial charge in [0.15, 0.2) is 0 Å². The minimum absolute atomic E-state index is 0. The summed E-state index contributed by atoms with van der Waals surface area (Å²) in [6.07, 6.45) is 1.25. The largest absolute Gasteiger partial charge is 0.316 e. The van der Waals surface area contributed by atoms with Crippen LogP contribution in [0.5, 0.6) is 0 Å². The maximum atomic E-state index is 3.48. The summed E-state index contributed by atoms with van der Waals surface area (Å²) in [5, 5.41) is 3.48. The number of hydrogen-bond acceptors (Lipinski definition) is 1. The zero-order valence-corrected chi connectivity index (χ0v) is 9.62. The average molecular weight is 173 g/mol. The Morgan fingerprint density at radius 1 is 0.917 bits per heavy atom. The summed E-state index contributed by atoms with van der Waals surface area (Å²) in [7, 11) is 0. The third-order valence-electron chi connectivity index (χ3n) is 1.71. The van der Waals surface area contributed by atoms with Gasteiger partial charge in [0, 0.05) is 1.43 Å². The Morgan fingerprint density at radius 2 is 1.42 bits per heavy atom. The quantitative estimate of drug-likeness (QED) is 0.646. The highest BCUT2D eigenvalue weighted by Crippen LogP contribution is 2.17. The van der Waals surface area contributed by atoms with Crippen LogP contribution in [-0.4, -0.2) is 13.1 Å². The van der Waals surface area contributed by atoms with Crippen molar-refractivity contribution in [2.24, 2.45) is 10.8 Å². The Kier molecular flexibility index (Phi) is 4.25. The van der Waals surface area contributed by atoms with E-state index in [2.05, 4.69) is 46.9 Å². The normalized spacial score (nSPS) is 13.5. The zero-order valence-electron chi connectivity index (χ0n) is 9.62. The van der Waals surface area contributed by atoms with Crippen molar-refractivity contribution in [3.8, 4) is 0 Å². The molecule has 0 rings (SSSR count). The van der Waals surface area contributed by atoms with Crippen molar-refractivity contribution in [1.29, 1.82) is 0 Å². The first-order chi connectivity index (χ1) is 5.21. The molecular weight excluding hydrogens is 146 g/mol. The fourth-order valence-electron chi connectivity index (χ4n) is 0.927. The second-order valence-corrected chi connectivity index (χ2v) is 6.05. The van der Waals surface area contributed by atoms with E-state index in [4.69, 9.17) is 0 Å². The van der Waals surface area contributed by atoms with E-state index in [9.17, 15) is 0 Å². The van der Waals surface area contributed by atoms with Crippen LogP contribution >= 0.6 is 0 Å². The van der Waals surface area contributed by atoms with Gasteiger partial charge in [0.2, 0.25) is 0 Å². The lowest BCUT2D eigenvalue weighted by Crippen LogP contribution is -2.29. The van der Waals surface area contributed by atoms with Crippen LogP contribution in [0, 0.1) is 10.8 Å². The van der Waals surface area contributed by atoms with Crippen molar-refractivity contribution in [1.82, 2.24) is 5.32 Å². The van der Waals surface area contributed by atoms with Crippen LogP contribution in [0.2, 0.25) is 0 Å². The van der Waals surface area contributed by atoms with Crippen molar-refractivity contribution in [2.75, 3.05) is 13.1 Å². The molecule has 0 spiro atoms. The van der Waals surface area contributed by atoms with Crippen molar-refractivity contribution in [3.05, 3.63) is 0 Å². The van der Waals surface area contributed by atoms with E-state index in [0.717, 1.165) is 13.1 Å². The molecule has 0 aliphatic heterocycles. The van der Waals surface area contributed by atoms with Gasteiger partial charge in [-0.2, -0.15) is 0 Å². The maximum Gasteiger partial charge on any atom is 0 e. The molecule has 0 aromatic rings. The number of rotatable bonds is 3. The minimum atomic E-state index is 0. The highest BCUT2D eigenvalue weighted by atomic mass is 14.9. The summed E-state index contributed by atoms with van der Waals surface area (Å²) >= 11 is 0. The molecule has 0 atom stereocenters. The van der Waals surface area contributed by atoms with Crippen molar-refractivity contribution in [3.63, 3.8) is 0 Å². The molecule has 0 saturated carbocycles. The van der Waals surface area contributed by atoms with E-state index in [1.807, 2.05) is 0 Å². The van der Waals surface area contributed by atoms with Crippen LogP contribution in [0.3, 0.4) is 0 Å². The summed E-state index contributed by atoms with van der Waals surface area (Å²) in [6.45, 7) is 15.9. The van der Waals surface area contributed by atoms with Gasteiger partial charge in [-0.15, -0.1) is 0 Å². The van der Waals surface area contributed by atoms with Gasteiger partial charge in [-0.1, -0.05) is 41.5 Å². The van der Waals surface area contributed by atoms with Gasteiger partial charge >= 0.3 is 0 Å². The van der Waals surface area contributed by atoms with Crippen LogP contribution in [0.4, 0.5) is 0 Å². The molecule has 0 aliphatic carbocycles. The smallest absolute Gasteiger partial charge is 0 e. The summed E-state index contributed by atoms with van der Waals surface area (Å²) in [6, 6.07) is 0. The first-order valence-corrected chi connectivity index (χ1v) is 4.91. The number of nitrogens with one attached hydrogen (secondary N) is 1.